The van der Waals surface area contributed by atoms with Crippen LogP contribution in [0.5, 0.6) is 0 Å². The van der Waals surface area contributed by atoms with E-state index in [1.54, 1.807) is 0 Å². The minimum Gasteiger partial charge on any atom is -0.441 e. The Bertz CT molecular complexity index is 827. The monoisotopic (exact) mass is 289 g/mol. The largest absolute Gasteiger partial charge is 0.441 e. The summed E-state index contributed by atoms with van der Waals surface area (Å²) in [5.74, 6) is 1.48. The minimum absolute atomic E-state index is 0.681. The van der Waals surface area contributed by atoms with Crippen LogP contribution in [0.4, 0.5) is 0 Å². The van der Waals surface area contributed by atoms with E-state index in [-0.39, 0.29) is 0 Å². The number of benzene rings is 2. The molecule has 1 heterocycles. The highest BCUT2D eigenvalue weighted by atomic mass is 16.4. The fourth-order valence-corrected chi connectivity index (χ4v) is 2.50. The predicted molar refractivity (Wildman–Crippen MR) is 91.5 cm³/mol. The quantitative estimate of drug-likeness (QED) is 0.642. The maximum atomic E-state index is 5.76. The summed E-state index contributed by atoms with van der Waals surface area (Å²) < 4.78 is 5.76. The van der Waals surface area contributed by atoms with Crippen molar-refractivity contribution in [1.82, 2.24) is 4.98 Å². The van der Waals surface area contributed by atoms with Gasteiger partial charge in [0, 0.05) is 12.5 Å². The van der Waals surface area contributed by atoms with Gasteiger partial charge in [-0.25, -0.2) is 4.98 Å². The third-order valence-electron chi connectivity index (χ3n) is 3.52. The molecule has 3 aromatic rings. The van der Waals surface area contributed by atoms with Crippen LogP contribution >= 0.6 is 0 Å². The molecule has 2 aromatic carbocycles. The van der Waals surface area contributed by atoms with Crippen molar-refractivity contribution in [1.29, 1.82) is 0 Å². The first-order chi connectivity index (χ1) is 10.6. The smallest absolute Gasteiger partial charge is 0.192 e. The highest BCUT2D eigenvalue weighted by Crippen LogP contribution is 2.26. The Morgan fingerprint density at radius 3 is 2.32 bits per heavy atom. The fourth-order valence-electron chi connectivity index (χ4n) is 2.50. The molecule has 0 amide bonds. The number of oxazole rings is 1. The van der Waals surface area contributed by atoms with Gasteiger partial charge in [0.2, 0.25) is 0 Å². The van der Waals surface area contributed by atoms with Crippen molar-refractivity contribution in [3.63, 3.8) is 0 Å². The molecule has 0 spiro atoms. The number of hydrogen-bond acceptors (Lipinski definition) is 2. The molecule has 1 aromatic heterocycles. The van der Waals surface area contributed by atoms with Crippen LogP contribution in [0.25, 0.3) is 23.4 Å². The SMILES string of the molecule is Cc1cccc(/C=C/c2oc(C)nc2-c2cccc(C)c2)c1. The molecule has 0 bridgehead atoms. The zero-order valence-electron chi connectivity index (χ0n) is 13.1. The van der Waals surface area contributed by atoms with E-state index >= 15 is 0 Å². The number of aryl methyl sites for hydroxylation is 3. The Labute approximate surface area is 131 Å². The summed E-state index contributed by atoms with van der Waals surface area (Å²) in [6, 6.07) is 16.7. The van der Waals surface area contributed by atoms with Crippen LogP contribution in [0.2, 0.25) is 0 Å². The molecule has 0 aliphatic rings. The Hall–Kier alpha value is -2.61. The van der Waals surface area contributed by atoms with E-state index in [9.17, 15) is 0 Å². The molecule has 0 N–H and O–H groups in total. The molecule has 0 fully saturated rings. The average Bonchev–Trinajstić information content (AvgIpc) is 2.86. The highest BCUT2D eigenvalue weighted by molar-refractivity contribution is 5.76. The van der Waals surface area contributed by atoms with Crippen LogP contribution in [-0.4, -0.2) is 4.98 Å². The number of nitrogens with zero attached hydrogens (tertiary/aromatic N) is 1. The van der Waals surface area contributed by atoms with Crippen molar-refractivity contribution in [2.75, 3.05) is 0 Å². The van der Waals surface area contributed by atoms with Crippen LogP contribution in [0.3, 0.4) is 0 Å². The normalized spacial score (nSPS) is 11.2. The zero-order chi connectivity index (χ0) is 15.5. The summed E-state index contributed by atoms with van der Waals surface area (Å²) in [4.78, 5) is 4.53. The molecule has 0 atom stereocenters. The number of rotatable bonds is 3. The minimum atomic E-state index is 0.681. The molecule has 0 unspecified atom stereocenters. The molecule has 0 saturated heterocycles. The fraction of sp³-hybridized carbons (Fsp3) is 0.150. The molecule has 2 nitrogen and oxygen atoms in total. The maximum Gasteiger partial charge on any atom is 0.192 e. The molecular weight excluding hydrogens is 270 g/mol. The summed E-state index contributed by atoms with van der Waals surface area (Å²) in [6.45, 7) is 6.05. The van der Waals surface area contributed by atoms with Crippen molar-refractivity contribution < 1.29 is 4.42 Å². The first kappa shape index (κ1) is 14.3. The van der Waals surface area contributed by atoms with E-state index in [4.69, 9.17) is 4.42 Å². The van der Waals surface area contributed by atoms with Gasteiger partial charge in [-0.15, -0.1) is 0 Å². The van der Waals surface area contributed by atoms with Crippen LogP contribution in [0.1, 0.15) is 28.3 Å². The number of hydrogen-bond donors (Lipinski definition) is 0. The second kappa shape index (κ2) is 6.02. The second-order valence-electron chi connectivity index (χ2n) is 5.56. The lowest BCUT2D eigenvalue weighted by molar-refractivity contribution is 0.513. The van der Waals surface area contributed by atoms with Crippen molar-refractivity contribution >= 4 is 12.2 Å². The summed E-state index contributed by atoms with van der Waals surface area (Å²) in [5.41, 5.74) is 5.59. The van der Waals surface area contributed by atoms with Crippen LogP contribution in [-0.2, 0) is 0 Å². The van der Waals surface area contributed by atoms with Crippen LogP contribution < -0.4 is 0 Å². The van der Waals surface area contributed by atoms with Gasteiger partial charge in [-0.3, -0.25) is 0 Å². The topological polar surface area (TPSA) is 26.0 Å². The average molecular weight is 289 g/mol. The van der Waals surface area contributed by atoms with Gasteiger partial charge in [0.15, 0.2) is 11.7 Å². The summed E-state index contributed by atoms with van der Waals surface area (Å²) in [7, 11) is 0. The highest BCUT2D eigenvalue weighted by Gasteiger charge is 2.10. The van der Waals surface area contributed by atoms with E-state index in [1.165, 1.54) is 11.1 Å². The lowest BCUT2D eigenvalue weighted by Crippen LogP contribution is -1.82. The van der Waals surface area contributed by atoms with Crippen molar-refractivity contribution in [3.05, 3.63) is 76.9 Å². The molecule has 22 heavy (non-hydrogen) atoms. The lowest BCUT2D eigenvalue weighted by Gasteiger charge is -2.00. The van der Waals surface area contributed by atoms with Crippen LogP contribution in [0.15, 0.2) is 52.9 Å². The Morgan fingerprint density at radius 2 is 1.59 bits per heavy atom. The summed E-state index contributed by atoms with van der Waals surface area (Å²) in [6.07, 6.45) is 4.05. The Morgan fingerprint density at radius 1 is 0.864 bits per heavy atom. The summed E-state index contributed by atoms with van der Waals surface area (Å²) >= 11 is 0. The third kappa shape index (κ3) is 3.17. The van der Waals surface area contributed by atoms with E-state index in [0.29, 0.717) is 5.89 Å². The molecule has 0 aliphatic heterocycles. The predicted octanol–water partition coefficient (Wildman–Crippen LogP) is 5.44. The molecule has 3 rings (SSSR count). The third-order valence-corrected chi connectivity index (χ3v) is 3.52. The molecule has 110 valence electrons. The van der Waals surface area contributed by atoms with Gasteiger partial charge in [0.05, 0.1) is 0 Å². The van der Waals surface area contributed by atoms with E-state index < -0.39 is 0 Å². The lowest BCUT2D eigenvalue weighted by atomic mass is 10.1. The van der Waals surface area contributed by atoms with Gasteiger partial charge in [-0.1, -0.05) is 59.7 Å². The molecule has 0 radical (unpaired) electrons. The van der Waals surface area contributed by atoms with Crippen molar-refractivity contribution in [3.8, 4) is 11.3 Å². The van der Waals surface area contributed by atoms with E-state index in [2.05, 4.69) is 67.4 Å². The van der Waals surface area contributed by atoms with Crippen molar-refractivity contribution in [2.24, 2.45) is 0 Å². The Kier molecular flexibility index (Phi) is 3.92. The first-order valence-electron chi connectivity index (χ1n) is 7.41. The van der Waals surface area contributed by atoms with E-state index in [0.717, 1.165) is 22.6 Å². The van der Waals surface area contributed by atoms with Crippen LogP contribution in [0, 0.1) is 20.8 Å². The first-order valence-corrected chi connectivity index (χ1v) is 7.41. The van der Waals surface area contributed by atoms with Crippen molar-refractivity contribution in [2.45, 2.75) is 20.8 Å². The zero-order valence-corrected chi connectivity index (χ0v) is 13.1. The molecule has 0 aliphatic carbocycles. The van der Waals surface area contributed by atoms with E-state index in [1.807, 2.05) is 19.1 Å². The molecule has 0 saturated carbocycles. The van der Waals surface area contributed by atoms with Gasteiger partial charge in [0.1, 0.15) is 5.69 Å². The summed E-state index contributed by atoms with van der Waals surface area (Å²) in [5, 5.41) is 0. The molecular formula is C20H19NO. The molecule has 2 heteroatoms. The second-order valence-corrected chi connectivity index (χ2v) is 5.56. The standard InChI is InChI=1S/C20H19NO/c1-14-6-4-8-17(12-14)10-11-19-20(21-16(3)22-19)18-9-5-7-15(2)13-18/h4-13H,1-3H3/b11-10+. The Balaban J connectivity index is 1.98. The van der Waals surface area contributed by atoms with Gasteiger partial charge in [-0.05, 0) is 31.6 Å². The van der Waals surface area contributed by atoms with Gasteiger partial charge < -0.3 is 4.42 Å². The van der Waals surface area contributed by atoms with Gasteiger partial charge in [-0.2, -0.15) is 0 Å². The van der Waals surface area contributed by atoms with Gasteiger partial charge >= 0.3 is 0 Å². The number of aromatic nitrogens is 1. The van der Waals surface area contributed by atoms with Gasteiger partial charge in [0.25, 0.3) is 0 Å². The maximum absolute atomic E-state index is 5.76.